The molecule has 0 bridgehead atoms. The van der Waals surface area contributed by atoms with Crippen LogP contribution < -0.4 is 0 Å². The molecule has 5 heteroatoms. The van der Waals surface area contributed by atoms with E-state index < -0.39 is 0 Å². The highest BCUT2D eigenvalue weighted by Gasteiger charge is 2.24. The number of alkyl halides is 1. The van der Waals surface area contributed by atoms with Crippen molar-refractivity contribution in [3.63, 3.8) is 0 Å². The Bertz CT molecular complexity index is 621. The highest BCUT2D eigenvalue weighted by Crippen LogP contribution is 2.30. The van der Waals surface area contributed by atoms with Gasteiger partial charge in [-0.2, -0.15) is 0 Å². The van der Waals surface area contributed by atoms with Gasteiger partial charge in [-0.15, -0.1) is 11.6 Å². The van der Waals surface area contributed by atoms with E-state index in [2.05, 4.69) is 27.6 Å². The van der Waals surface area contributed by atoms with Crippen LogP contribution in [0.1, 0.15) is 31.0 Å². The molecule has 1 aliphatic heterocycles. The second-order valence-electron chi connectivity index (χ2n) is 5.58. The maximum absolute atomic E-state index is 6.31. The van der Waals surface area contributed by atoms with Gasteiger partial charge in [-0.25, -0.2) is 4.98 Å². The van der Waals surface area contributed by atoms with Gasteiger partial charge >= 0.3 is 0 Å². The molecule has 1 aliphatic rings. The molecule has 0 N–H and O–H groups in total. The molecular formula is C15H19Cl2N3. The van der Waals surface area contributed by atoms with Crippen molar-refractivity contribution < 1.29 is 0 Å². The maximum atomic E-state index is 6.31. The van der Waals surface area contributed by atoms with E-state index in [0.29, 0.717) is 11.1 Å². The fourth-order valence-electron chi connectivity index (χ4n) is 3.05. The molecule has 1 saturated heterocycles. The molecule has 2 unspecified atom stereocenters. The van der Waals surface area contributed by atoms with Gasteiger partial charge in [-0.05, 0) is 45.5 Å². The van der Waals surface area contributed by atoms with Gasteiger partial charge in [0, 0.05) is 12.6 Å². The largest absolute Gasteiger partial charge is 0.325 e. The van der Waals surface area contributed by atoms with Crippen molar-refractivity contribution in [2.75, 3.05) is 13.6 Å². The molecule has 108 valence electrons. The molecular weight excluding hydrogens is 293 g/mol. The van der Waals surface area contributed by atoms with Gasteiger partial charge in [0.2, 0.25) is 0 Å². The highest BCUT2D eigenvalue weighted by molar-refractivity contribution is 6.35. The normalized spacial score (nSPS) is 21.7. The van der Waals surface area contributed by atoms with Crippen LogP contribution in [0.3, 0.4) is 0 Å². The standard InChI is InChI=1S/C15H19Cl2N3/c1-10(16)15-18-14-12(17)6-3-7-13(14)20(15)9-11-5-4-8-19(11)2/h3,6-7,10-11H,4-5,8-9H2,1-2H3. The second-order valence-corrected chi connectivity index (χ2v) is 6.64. The van der Waals surface area contributed by atoms with Crippen molar-refractivity contribution >= 4 is 34.2 Å². The summed E-state index contributed by atoms with van der Waals surface area (Å²) in [7, 11) is 2.19. The lowest BCUT2D eigenvalue weighted by molar-refractivity contribution is 0.282. The number of nitrogens with zero attached hydrogens (tertiary/aromatic N) is 3. The number of rotatable bonds is 3. The molecule has 1 aromatic heterocycles. The number of halogens is 2. The monoisotopic (exact) mass is 311 g/mol. The van der Waals surface area contributed by atoms with E-state index >= 15 is 0 Å². The Morgan fingerprint density at radius 1 is 1.45 bits per heavy atom. The summed E-state index contributed by atoms with van der Waals surface area (Å²) in [4.78, 5) is 7.08. The van der Waals surface area contributed by atoms with Crippen LogP contribution in [0.15, 0.2) is 18.2 Å². The Balaban J connectivity index is 2.07. The smallest absolute Gasteiger partial charge is 0.127 e. The third kappa shape index (κ3) is 2.43. The van der Waals surface area contributed by atoms with E-state index in [9.17, 15) is 0 Å². The van der Waals surface area contributed by atoms with E-state index in [-0.39, 0.29) is 5.38 Å². The minimum Gasteiger partial charge on any atom is -0.325 e. The molecule has 0 spiro atoms. The Morgan fingerprint density at radius 2 is 2.25 bits per heavy atom. The average molecular weight is 312 g/mol. The predicted molar refractivity (Wildman–Crippen MR) is 84.7 cm³/mol. The van der Waals surface area contributed by atoms with Gasteiger partial charge in [0.1, 0.15) is 11.3 Å². The van der Waals surface area contributed by atoms with Crippen LogP contribution in [0.25, 0.3) is 11.0 Å². The summed E-state index contributed by atoms with van der Waals surface area (Å²) in [6.07, 6.45) is 2.49. The number of likely N-dealkylation sites (N-methyl/N-ethyl adjacent to an activating group) is 1. The molecule has 0 amide bonds. The summed E-state index contributed by atoms with van der Waals surface area (Å²) in [5.74, 6) is 0.912. The summed E-state index contributed by atoms with van der Waals surface area (Å²) in [5, 5.41) is 0.574. The van der Waals surface area contributed by atoms with Crippen LogP contribution >= 0.6 is 23.2 Å². The first-order valence-corrected chi connectivity index (χ1v) is 7.88. The summed E-state index contributed by atoms with van der Waals surface area (Å²) in [6, 6.07) is 6.49. The first-order chi connectivity index (χ1) is 9.58. The van der Waals surface area contributed by atoms with E-state index in [1.807, 2.05) is 19.1 Å². The number of benzene rings is 1. The molecule has 1 aromatic carbocycles. The molecule has 20 heavy (non-hydrogen) atoms. The number of para-hydroxylation sites is 1. The van der Waals surface area contributed by atoms with Gasteiger partial charge in [0.05, 0.1) is 15.9 Å². The summed E-state index contributed by atoms with van der Waals surface area (Å²) >= 11 is 12.6. The van der Waals surface area contributed by atoms with Crippen molar-refractivity contribution in [1.82, 2.24) is 14.5 Å². The van der Waals surface area contributed by atoms with E-state index in [1.54, 1.807) is 0 Å². The number of hydrogen-bond donors (Lipinski definition) is 0. The topological polar surface area (TPSA) is 21.1 Å². The second kappa shape index (κ2) is 5.55. The Hall–Kier alpha value is -0.770. The van der Waals surface area contributed by atoms with Crippen LogP contribution in [-0.4, -0.2) is 34.1 Å². The minimum absolute atomic E-state index is 0.120. The first-order valence-electron chi connectivity index (χ1n) is 7.07. The zero-order chi connectivity index (χ0) is 14.3. The third-order valence-electron chi connectivity index (χ3n) is 4.18. The zero-order valence-electron chi connectivity index (χ0n) is 11.8. The van der Waals surface area contributed by atoms with Crippen molar-refractivity contribution in [2.45, 2.75) is 37.7 Å². The first kappa shape index (κ1) is 14.2. The Labute approximate surface area is 129 Å². The highest BCUT2D eigenvalue weighted by atomic mass is 35.5. The molecule has 2 atom stereocenters. The van der Waals surface area contributed by atoms with Gasteiger partial charge in [-0.1, -0.05) is 17.7 Å². The Morgan fingerprint density at radius 3 is 2.90 bits per heavy atom. The molecule has 0 aliphatic carbocycles. The maximum Gasteiger partial charge on any atom is 0.127 e. The number of likely N-dealkylation sites (tertiary alicyclic amines) is 1. The van der Waals surface area contributed by atoms with Crippen molar-refractivity contribution in [3.05, 3.63) is 29.0 Å². The van der Waals surface area contributed by atoms with Gasteiger partial charge < -0.3 is 9.47 Å². The summed E-state index contributed by atoms with van der Waals surface area (Å²) in [6.45, 7) is 4.06. The number of fused-ring (bicyclic) bond motifs is 1. The number of imidazole rings is 1. The van der Waals surface area contributed by atoms with E-state index in [4.69, 9.17) is 23.2 Å². The summed E-state index contributed by atoms with van der Waals surface area (Å²) in [5.41, 5.74) is 1.94. The molecule has 0 radical (unpaired) electrons. The summed E-state index contributed by atoms with van der Waals surface area (Å²) < 4.78 is 2.24. The quantitative estimate of drug-likeness (QED) is 0.796. The average Bonchev–Trinajstić information content (AvgIpc) is 2.96. The van der Waals surface area contributed by atoms with Crippen LogP contribution in [0.2, 0.25) is 5.02 Å². The van der Waals surface area contributed by atoms with E-state index in [1.165, 1.54) is 19.4 Å². The number of hydrogen-bond acceptors (Lipinski definition) is 2. The lowest BCUT2D eigenvalue weighted by Gasteiger charge is -2.22. The molecule has 2 heterocycles. The molecule has 1 fully saturated rings. The third-order valence-corrected chi connectivity index (χ3v) is 4.68. The fourth-order valence-corrected chi connectivity index (χ4v) is 3.43. The Kier molecular flexibility index (Phi) is 3.93. The van der Waals surface area contributed by atoms with Crippen LogP contribution in [-0.2, 0) is 6.54 Å². The number of aromatic nitrogens is 2. The minimum atomic E-state index is -0.120. The van der Waals surface area contributed by atoms with Crippen molar-refractivity contribution in [1.29, 1.82) is 0 Å². The van der Waals surface area contributed by atoms with Gasteiger partial charge in [0.15, 0.2) is 0 Å². The van der Waals surface area contributed by atoms with Crippen molar-refractivity contribution in [3.8, 4) is 0 Å². The van der Waals surface area contributed by atoms with Crippen molar-refractivity contribution in [2.24, 2.45) is 0 Å². The zero-order valence-corrected chi connectivity index (χ0v) is 13.3. The van der Waals surface area contributed by atoms with Crippen LogP contribution in [0, 0.1) is 0 Å². The molecule has 2 aromatic rings. The SMILES string of the molecule is CC(Cl)c1nc2c(Cl)cccc2n1CC1CCCN1C. The molecule has 3 nitrogen and oxygen atoms in total. The van der Waals surface area contributed by atoms with Crippen LogP contribution in [0.4, 0.5) is 0 Å². The predicted octanol–water partition coefficient (Wildman–Crippen LogP) is 4.08. The van der Waals surface area contributed by atoms with E-state index in [0.717, 1.165) is 23.4 Å². The molecule has 0 saturated carbocycles. The van der Waals surface area contributed by atoms with Crippen LogP contribution in [0.5, 0.6) is 0 Å². The van der Waals surface area contributed by atoms with Gasteiger partial charge in [-0.3, -0.25) is 0 Å². The fraction of sp³-hybridized carbons (Fsp3) is 0.533. The van der Waals surface area contributed by atoms with Gasteiger partial charge in [0.25, 0.3) is 0 Å². The molecule has 3 rings (SSSR count). The lowest BCUT2D eigenvalue weighted by Crippen LogP contribution is -2.29. The lowest BCUT2D eigenvalue weighted by atomic mass is 10.2.